The Kier molecular flexibility index (Phi) is 5.23. The lowest BCUT2D eigenvalue weighted by molar-refractivity contribution is -0.126. The Morgan fingerprint density at radius 2 is 1.59 bits per heavy atom. The first kappa shape index (κ1) is 17.8. The highest BCUT2D eigenvalue weighted by atomic mass is 16.2. The van der Waals surface area contributed by atoms with Crippen molar-refractivity contribution in [3.8, 4) is 0 Å². The molecule has 1 aliphatic carbocycles. The van der Waals surface area contributed by atoms with Crippen LogP contribution in [0.1, 0.15) is 41.1 Å². The summed E-state index contributed by atoms with van der Waals surface area (Å²) in [7, 11) is 0. The normalized spacial score (nSPS) is 22.3. The van der Waals surface area contributed by atoms with E-state index >= 15 is 0 Å². The first-order chi connectivity index (χ1) is 13.2. The molecular weight excluding hydrogens is 336 g/mol. The smallest absolute Gasteiger partial charge is 0.253 e. The van der Waals surface area contributed by atoms with Gasteiger partial charge in [-0.15, -0.1) is 0 Å². The maximum Gasteiger partial charge on any atom is 0.253 e. The lowest BCUT2D eigenvalue weighted by Gasteiger charge is -2.37. The number of carbonyl (C=O) groups excluding carboxylic acids is 2. The van der Waals surface area contributed by atoms with Crippen LogP contribution in [0.2, 0.25) is 0 Å². The van der Waals surface area contributed by atoms with Crippen molar-refractivity contribution >= 4 is 11.8 Å². The Morgan fingerprint density at radius 1 is 0.926 bits per heavy atom. The van der Waals surface area contributed by atoms with Gasteiger partial charge in [0, 0.05) is 31.1 Å². The van der Waals surface area contributed by atoms with Crippen molar-refractivity contribution in [1.29, 1.82) is 0 Å². The molecule has 2 aromatic carbocycles. The van der Waals surface area contributed by atoms with Gasteiger partial charge in [-0.3, -0.25) is 9.59 Å². The van der Waals surface area contributed by atoms with Crippen molar-refractivity contribution in [2.45, 2.75) is 25.2 Å². The molecule has 1 heterocycles. The van der Waals surface area contributed by atoms with Crippen molar-refractivity contribution < 1.29 is 9.59 Å². The number of hydrogen-bond acceptors (Lipinski definition) is 2. The van der Waals surface area contributed by atoms with Gasteiger partial charge in [-0.05, 0) is 42.9 Å². The van der Waals surface area contributed by atoms with E-state index in [9.17, 15) is 9.59 Å². The lowest BCUT2D eigenvalue weighted by Crippen LogP contribution is -2.48. The first-order valence-corrected chi connectivity index (χ1v) is 9.87. The molecule has 2 unspecified atom stereocenters. The molecule has 1 aliphatic heterocycles. The average molecular weight is 362 g/mol. The third kappa shape index (κ3) is 4.38. The molecule has 0 aromatic heterocycles. The lowest BCUT2D eigenvalue weighted by atomic mass is 9.83. The van der Waals surface area contributed by atoms with Crippen LogP contribution in [0.25, 0.3) is 0 Å². The molecular formula is C23H26N2O2. The van der Waals surface area contributed by atoms with Crippen LogP contribution in [0.3, 0.4) is 0 Å². The van der Waals surface area contributed by atoms with Crippen molar-refractivity contribution in [3.05, 3.63) is 71.8 Å². The van der Waals surface area contributed by atoms with Gasteiger partial charge < -0.3 is 10.2 Å². The van der Waals surface area contributed by atoms with E-state index in [0.29, 0.717) is 24.6 Å². The van der Waals surface area contributed by atoms with E-state index in [1.165, 1.54) is 18.4 Å². The van der Waals surface area contributed by atoms with Crippen LogP contribution in [-0.2, 0) is 4.79 Å². The molecule has 1 saturated heterocycles. The first-order valence-electron chi connectivity index (χ1n) is 9.87. The van der Waals surface area contributed by atoms with Crippen LogP contribution in [0.15, 0.2) is 60.7 Å². The Balaban J connectivity index is 1.52. The highest BCUT2D eigenvalue weighted by Gasteiger charge is 2.35. The maximum absolute atomic E-state index is 13.0. The SMILES string of the molecule is O=C(NCC1CC1)C1CC(c2ccccc2)CN(C(=O)c2ccccc2)C1. The molecule has 4 rings (SSSR count). The number of benzene rings is 2. The van der Waals surface area contributed by atoms with Gasteiger partial charge in [0.2, 0.25) is 5.91 Å². The summed E-state index contributed by atoms with van der Waals surface area (Å²) in [5.74, 6) is 0.786. The highest BCUT2D eigenvalue weighted by Crippen LogP contribution is 2.32. The van der Waals surface area contributed by atoms with Crippen molar-refractivity contribution in [2.24, 2.45) is 11.8 Å². The maximum atomic E-state index is 13.0. The van der Waals surface area contributed by atoms with E-state index in [1.54, 1.807) is 0 Å². The molecule has 2 atom stereocenters. The number of carbonyl (C=O) groups is 2. The van der Waals surface area contributed by atoms with Crippen molar-refractivity contribution in [3.63, 3.8) is 0 Å². The molecule has 4 nitrogen and oxygen atoms in total. The molecule has 140 valence electrons. The molecule has 0 bridgehead atoms. The predicted octanol–water partition coefficient (Wildman–Crippen LogP) is 3.46. The molecule has 2 amide bonds. The summed E-state index contributed by atoms with van der Waals surface area (Å²) in [5, 5.41) is 3.11. The van der Waals surface area contributed by atoms with Crippen LogP contribution in [0, 0.1) is 11.8 Å². The van der Waals surface area contributed by atoms with Gasteiger partial charge in [0.15, 0.2) is 0 Å². The third-order valence-corrected chi connectivity index (χ3v) is 5.66. The molecule has 1 N–H and O–H groups in total. The Hall–Kier alpha value is -2.62. The highest BCUT2D eigenvalue weighted by molar-refractivity contribution is 5.94. The van der Waals surface area contributed by atoms with Gasteiger partial charge in [-0.1, -0.05) is 48.5 Å². The largest absolute Gasteiger partial charge is 0.356 e. The van der Waals surface area contributed by atoms with Crippen LogP contribution in [-0.4, -0.2) is 36.3 Å². The zero-order valence-corrected chi connectivity index (χ0v) is 15.5. The van der Waals surface area contributed by atoms with Crippen LogP contribution in [0.4, 0.5) is 0 Å². The van der Waals surface area contributed by atoms with Gasteiger partial charge in [0.25, 0.3) is 5.91 Å². The fraction of sp³-hybridized carbons (Fsp3) is 0.391. The second-order valence-electron chi connectivity index (χ2n) is 7.80. The standard InChI is InChI=1S/C23H26N2O2/c26-22(24-14-17-11-12-17)21-13-20(18-7-3-1-4-8-18)15-25(16-21)23(27)19-9-5-2-6-10-19/h1-10,17,20-21H,11-16H2,(H,24,26). The summed E-state index contributed by atoms with van der Waals surface area (Å²) in [4.78, 5) is 27.6. The number of amides is 2. The molecule has 2 fully saturated rings. The predicted molar refractivity (Wildman–Crippen MR) is 105 cm³/mol. The zero-order valence-electron chi connectivity index (χ0n) is 15.5. The zero-order chi connectivity index (χ0) is 18.6. The minimum atomic E-state index is -0.157. The summed E-state index contributed by atoms with van der Waals surface area (Å²) in [6.07, 6.45) is 3.23. The minimum Gasteiger partial charge on any atom is -0.356 e. The molecule has 2 aromatic rings. The van der Waals surface area contributed by atoms with E-state index in [4.69, 9.17) is 0 Å². The molecule has 1 saturated carbocycles. The second-order valence-corrected chi connectivity index (χ2v) is 7.80. The second kappa shape index (κ2) is 7.95. The van der Waals surface area contributed by atoms with Crippen LogP contribution >= 0.6 is 0 Å². The number of nitrogens with zero attached hydrogens (tertiary/aromatic N) is 1. The van der Waals surface area contributed by atoms with Gasteiger partial charge in [0.05, 0.1) is 5.92 Å². The van der Waals surface area contributed by atoms with Crippen LogP contribution < -0.4 is 5.32 Å². The van der Waals surface area contributed by atoms with Gasteiger partial charge >= 0.3 is 0 Å². The molecule has 0 spiro atoms. The topological polar surface area (TPSA) is 49.4 Å². The average Bonchev–Trinajstić information content (AvgIpc) is 3.57. The minimum absolute atomic E-state index is 0.0104. The van der Waals surface area contributed by atoms with Gasteiger partial charge in [-0.2, -0.15) is 0 Å². The summed E-state index contributed by atoms with van der Waals surface area (Å²) >= 11 is 0. The number of likely N-dealkylation sites (tertiary alicyclic amines) is 1. The van der Waals surface area contributed by atoms with E-state index in [1.807, 2.05) is 53.4 Å². The van der Waals surface area contributed by atoms with E-state index < -0.39 is 0 Å². The fourth-order valence-electron chi connectivity index (χ4n) is 3.90. The quantitative estimate of drug-likeness (QED) is 0.886. The summed E-state index contributed by atoms with van der Waals surface area (Å²) < 4.78 is 0. The summed E-state index contributed by atoms with van der Waals surface area (Å²) in [5.41, 5.74) is 1.88. The third-order valence-electron chi connectivity index (χ3n) is 5.66. The number of nitrogens with one attached hydrogen (secondary N) is 1. The van der Waals surface area contributed by atoms with Gasteiger partial charge in [0.1, 0.15) is 0 Å². The summed E-state index contributed by atoms with van der Waals surface area (Å²) in [6, 6.07) is 19.6. The fourth-order valence-corrected chi connectivity index (χ4v) is 3.90. The molecule has 0 radical (unpaired) electrons. The molecule has 4 heteroatoms. The van der Waals surface area contributed by atoms with E-state index in [-0.39, 0.29) is 23.7 Å². The number of piperidine rings is 1. The number of hydrogen-bond donors (Lipinski definition) is 1. The monoisotopic (exact) mass is 362 g/mol. The van der Waals surface area contributed by atoms with Crippen molar-refractivity contribution in [1.82, 2.24) is 10.2 Å². The van der Waals surface area contributed by atoms with E-state index in [2.05, 4.69) is 17.4 Å². The Bertz CT molecular complexity index is 787. The van der Waals surface area contributed by atoms with Gasteiger partial charge in [-0.25, -0.2) is 0 Å². The van der Waals surface area contributed by atoms with E-state index in [0.717, 1.165) is 13.0 Å². The van der Waals surface area contributed by atoms with Crippen molar-refractivity contribution in [2.75, 3.05) is 19.6 Å². The van der Waals surface area contributed by atoms with Crippen LogP contribution in [0.5, 0.6) is 0 Å². The Morgan fingerprint density at radius 3 is 2.26 bits per heavy atom. The number of rotatable bonds is 5. The Labute approximate surface area is 160 Å². The molecule has 27 heavy (non-hydrogen) atoms. The molecule has 2 aliphatic rings. The summed E-state index contributed by atoms with van der Waals surface area (Å²) in [6.45, 7) is 1.93.